The molecule has 0 N–H and O–H groups in total. The smallest absolute Gasteiger partial charge is 0.123 e. The molecule has 0 bridgehead atoms. The first kappa shape index (κ1) is 30.5. The molecule has 43 heavy (non-hydrogen) atoms. The van der Waals surface area contributed by atoms with Crippen molar-refractivity contribution in [1.29, 1.82) is 5.26 Å². The molecular formula is C35H38N4O2S2. The summed E-state index contributed by atoms with van der Waals surface area (Å²) in [5.41, 5.74) is 5.04. The Hall–Kier alpha value is -3.93. The zero-order valence-electron chi connectivity index (χ0n) is 24.9. The summed E-state index contributed by atoms with van der Waals surface area (Å²) in [5.74, 6) is 1.77. The summed E-state index contributed by atoms with van der Waals surface area (Å²) in [6, 6.07) is 27.0. The van der Waals surface area contributed by atoms with Gasteiger partial charge in [-0.2, -0.15) is 14.0 Å². The first-order valence-electron chi connectivity index (χ1n) is 15.2. The number of unbranched alkanes of at least 4 members (excludes halogenated alkanes) is 6. The number of thiophene rings is 1. The van der Waals surface area contributed by atoms with Gasteiger partial charge >= 0.3 is 0 Å². The molecule has 5 aromatic rings. The third-order valence-corrected chi connectivity index (χ3v) is 8.97. The average molecular weight is 611 g/mol. The van der Waals surface area contributed by atoms with Gasteiger partial charge in [0.25, 0.3) is 0 Å². The van der Waals surface area contributed by atoms with E-state index in [-0.39, 0.29) is 0 Å². The summed E-state index contributed by atoms with van der Waals surface area (Å²) in [6.07, 6.45) is 9.47. The highest BCUT2D eigenvalue weighted by atomic mass is 32.1. The quantitative estimate of drug-likeness (QED) is 0.104. The van der Waals surface area contributed by atoms with Crippen molar-refractivity contribution in [1.82, 2.24) is 8.75 Å². The maximum atomic E-state index is 9.51. The lowest BCUT2D eigenvalue weighted by atomic mass is 10.1. The van der Waals surface area contributed by atoms with Crippen molar-refractivity contribution >= 4 is 50.5 Å². The predicted molar refractivity (Wildman–Crippen MR) is 179 cm³/mol. The fraction of sp³-hybridized carbons (Fsp3) is 0.343. The van der Waals surface area contributed by atoms with Crippen LogP contribution in [0.1, 0.15) is 70.8 Å². The summed E-state index contributed by atoms with van der Waals surface area (Å²) in [7, 11) is 0. The van der Waals surface area contributed by atoms with Crippen LogP contribution in [0.5, 0.6) is 11.5 Å². The van der Waals surface area contributed by atoms with Gasteiger partial charge in [0, 0.05) is 21.8 Å². The molecule has 2 aromatic heterocycles. The highest BCUT2D eigenvalue weighted by Gasteiger charge is 2.18. The maximum absolute atomic E-state index is 9.51. The molecule has 8 heteroatoms. The molecule has 5 rings (SSSR count). The van der Waals surface area contributed by atoms with Crippen molar-refractivity contribution in [2.24, 2.45) is 0 Å². The molecule has 0 fully saturated rings. The number of benzene rings is 3. The Labute approximate surface area is 262 Å². The second-order valence-corrected chi connectivity index (χ2v) is 12.1. The third-order valence-electron chi connectivity index (χ3n) is 7.34. The van der Waals surface area contributed by atoms with E-state index in [1.54, 1.807) is 11.3 Å². The van der Waals surface area contributed by atoms with Crippen molar-refractivity contribution in [3.05, 3.63) is 78.4 Å². The van der Waals surface area contributed by atoms with E-state index in [1.165, 1.54) is 38.5 Å². The number of rotatable bonds is 16. The zero-order chi connectivity index (χ0) is 29.9. The molecule has 0 aliphatic rings. The van der Waals surface area contributed by atoms with E-state index in [1.807, 2.05) is 12.1 Å². The SMILES string of the molecule is CCCCCCOc1ccc(N(c2ccc(OCCCCCC)cc2)c2ccc(-c3ccc(C#N)c4nsnc34)s2)cc1. The monoisotopic (exact) mass is 610 g/mol. The van der Waals surface area contributed by atoms with Crippen molar-refractivity contribution in [2.75, 3.05) is 18.1 Å². The average Bonchev–Trinajstić information content (AvgIpc) is 3.73. The molecule has 0 amide bonds. The molecule has 0 aliphatic heterocycles. The van der Waals surface area contributed by atoms with Crippen LogP contribution in [0.3, 0.4) is 0 Å². The standard InChI is InChI=1S/C35H38N4O2S2/c1-3-5-7-9-23-40-29-16-12-27(13-17-29)39(28-14-18-30(19-15-28)41-24-10-8-6-4-2)33-22-21-32(42-33)31-20-11-26(25-36)34-35(31)38-43-37-34/h11-22H,3-10,23-24H2,1-2H3. The number of fused-ring (bicyclic) bond motifs is 1. The van der Waals surface area contributed by atoms with Gasteiger partial charge in [-0.05, 0) is 85.6 Å². The van der Waals surface area contributed by atoms with Crippen LogP contribution in [0.2, 0.25) is 0 Å². The third kappa shape index (κ3) is 7.73. The van der Waals surface area contributed by atoms with Gasteiger partial charge < -0.3 is 14.4 Å². The molecule has 222 valence electrons. The van der Waals surface area contributed by atoms with Crippen molar-refractivity contribution in [3.8, 4) is 28.0 Å². The molecule has 0 saturated carbocycles. The van der Waals surface area contributed by atoms with E-state index in [2.05, 4.69) is 94.2 Å². The second-order valence-electron chi connectivity index (χ2n) is 10.5. The van der Waals surface area contributed by atoms with Crippen LogP contribution in [0.4, 0.5) is 16.4 Å². The summed E-state index contributed by atoms with van der Waals surface area (Å²) >= 11 is 2.82. The fourth-order valence-corrected chi connectivity index (χ4v) is 6.62. The summed E-state index contributed by atoms with van der Waals surface area (Å²) in [5, 5.41) is 10.6. The Kier molecular flexibility index (Phi) is 11.0. The summed E-state index contributed by atoms with van der Waals surface area (Å²) < 4.78 is 20.9. The van der Waals surface area contributed by atoms with E-state index < -0.39 is 0 Å². The van der Waals surface area contributed by atoms with Crippen LogP contribution in [-0.4, -0.2) is 22.0 Å². The molecule has 0 unspecified atom stereocenters. The van der Waals surface area contributed by atoms with Crippen LogP contribution in [0.25, 0.3) is 21.5 Å². The molecule has 0 aliphatic carbocycles. The molecule has 6 nitrogen and oxygen atoms in total. The first-order valence-corrected chi connectivity index (χ1v) is 16.8. The van der Waals surface area contributed by atoms with Crippen molar-refractivity contribution in [2.45, 2.75) is 65.2 Å². The Morgan fingerprint density at radius 3 is 1.81 bits per heavy atom. The van der Waals surface area contributed by atoms with Gasteiger partial charge in [0.1, 0.15) is 33.6 Å². The molecule has 0 radical (unpaired) electrons. The van der Waals surface area contributed by atoms with Gasteiger partial charge in [0.05, 0.1) is 30.5 Å². The minimum absolute atomic E-state index is 0.547. The molecule has 3 aromatic carbocycles. The summed E-state index contributed by atoms with van der Waals surface area (Å²) in [4.78, 5) is 3.32. The number of anilines is 3. The lowest BCUT2D eigenvalue weighted by Gasteiger charge is -2.24. The largest absolute Gasteiger partial charge is 0.494 e. The molecule has 2 heterocycles. The van der Waals surface area contributed by atoms with Crippen molar-refractivity contribution in [3.63, 3.8) is 0 Å². The molecule has 0 saturated heterocycles. The molecule has 0 spiro atoms. The lowest BCUT2D eigenvalue weighted by molar-refractivity contribution is 0.305. The van der Waals surface area contributed by atoms with E-state index in [9.17, 15) is 5.26 Å². The molecular weight excluding hydrogens is 573 g/mol. The number of hydrogen-bond donors (Lipinski definition) is 0. The van der Waals surface area contributed by atoms with Crippen LogP contribution in [0, 0.1) is 11.3 Å². The Balaban J connectivity index is 1.41. The maximum Gasteiger partial charge on any atom is 0.123 e. The van der Waals surface area contributed by atoms with Gasteiger partial charge in [-0.1, -0.05) is 52.4 Å². The van der Waals surface area contributed by atoms with Crippen LogP contribution < -0.4 is 14.4 Å². The van der Waals surface area contributed by atoms with Crippen LogP contribution in [0.15, 0.2) is 72.8 Å². The Morgan fingerprint density at radius 2 is 1.26 bits per heavy atom. The minimum atomic E-state index is 0.547. The zero-order valence-corrected chi connectivity index (χ0v) is 26.6. The van der Waals surface area contributed by atoms with E-state index in [4.69, 9.17) is 9.47 Å². The highest BCUT2D eigenvalue weighted by Crippen LogP contribution is 2.43. The van der Waals surface area contributed by atoms with Gasteiger partial charge in [-0.15, -0.1) is 11.3 Å². The Morgan fingerprint density at radius 1 is 0.674 bits per heavy atom. The highest BCUT2D eigenvalue weighted by molar-refractivity contribution is 7.19. The van der Waals surface area contributed by atoms with Gasteiger partial charge in [0.2, 0.25) is 0 Å². The molecule has 0 atom stereocenters. The topological polar surface area (TPSA) is 71.3 Å². The van der Waals surface area contributed by atoms with Crippen molar-refractivity contribution < 1.29 is 9.47 Å². The van der Waals surface area contributed by atoms with Gasteiger partial charge in [0.15, 0.2) is 0 Å². The first-order chi connectivity index (χ1) is 21.2. The number of hydrogen-bond acceptors (Lipinski definition) is 8. The van der Waals surface area contributed by atoms with Crippen LogP contribution >= 0.6 is 23.1 Å². The van der Waals surface area contributed by atoms with E-state index in [0.717, 1.165) is 81.6 Å². The second kappa shape index (κ2) is 15.5. The van der Waals surface area contributed by atoms with Gasteiger partial charge in [-0.3, -0.25) is 0 Å². The van der Waals surface area contributed by atoms with Crippen LogP contribution in [-0.2, 0) is 0 Å². The van der Waals surface area contributed by atoms with E-state index >= 15 is 0 Å². The van der Waals surface area contributed by atoms with E-state index in [0.29, 0.717) is 11.1 Å². The normalized spacial score (nSPS) is 11.0. The number of aromatic nitrogens is 2. The number of nitrogens with zero attached hydrogens (tertiary/aromatic N) is 4. The number of ether oxygens (including phenoxy) is 2. The number of nitriles is 1. The fourth-order valence-electron chi connectivity index (χ4n) is 4.97. The minimum Gasteiger partial charge on any atom is -0.494 e. The Bertz CT molecular complexity index is 1560. The summed E-state index contributed by atoms with van der Waals surface area (Å²) in [6.45, 7) is 5.92. The lowest BCUT2D eigenvalue weighted by Crippen LogP contribution is -2.08. The predicted octanol–water partition coefficient (Wildman–Crippen LogP) is 10.7. The van der Waals surface area contributed by atoms with Gasteiger partial charge in [-0.25, -0.2) is 0 Å².